The minimum atomic E-state index is 0.100. The number of fused-ring (bicyclic) bond motifs is 3. The van der Waals surface area contributed by atoms with Gasteiger partial charge in [0.25, 0.3) is 5.56 Å². The van der Waals surface area contributed by atoms with Crippen LogP contribution in [0.25, 0.3) is 21.6 Å². The molecule has 0 fully saturated rings. The van der Waals surface area contributed by atoms with E-state index >= 15 is 0 Å². The fraction of sp³-hybridized carbons (Fsp3) is 0.333. The van der Waals surface area contributed by atoms with Gasteiger partial charge in [-0.05, 0) is 47.8 Å². The van der Waals surface area contributed by atoms with Gasteiger partial charge in [0.2, 0.25) is 0 Å². The lowest BCUT2D eigenvalue weighted by molar-refractivity contribution is 0.589. The second-order valence-electron chi connectivity index (χ2n) is 9.53. The molecule has 1 aliphatic rings. The van der Waals surface area contributed by atoms with Crippen LogP contribution in [0.2, 0.25) is 0 Å². The molecule has 2 aromatic carbocycles. The molecule has 158 valence electrons. The van der Waals surface area contributed by atoms with E-state index in [1.165, 1.54) is 22.4 Å². The number of hydrogen-bond acceptors (Lipinski definition) is 3. The van der Waals surface area contributed by atoms with Gasteiger partial charge in [0.1, 0.15) is 10.7 Å². The van der Waals surface area contributed by atoms with E-state index in [1.807, 2.05) is 34.9 Å². The summed E-state index contributed by atoms with van der Waals surface area (Å²) in [6.07, 6.45) is 4.44. The van der Waals surface area contributed by atoms with E-state index in [1.54, 1.807) is 11.3 Å². The first-order chi connectivity index (χ1) is 14.9. The molecule has 0 spiro atoms. The molecule has 2 aromatic heterocycles. The highest BCUT2D eigenvalue weighted by Crippen LogP contribution is 2.35. The summed E-state index contributed by atoms with van der Waals surface area (Å²) >= 11 is 1.72. The van der Waals surface area contributed by atoms with Crippen LogP contribution in [0.1, 0.15) is 55.2 Å². The van der Waals surface area contributed by atoms with Crippen molar-refractivity contribution in [3.05, 3.63) is 86.5 Å². The first-order valence-electron chi connectivity index (χ1n) is 11.1. The van der Waals surface area contributed by atoms with Gasteiger partial charge >= 0.3 is 0 Å². The maximum absolute atomic E-state index is 13.8. The molecule has 5 rings (SSSR count). The topological polar surface area (TPSA) is 34.9 Å². The molecule has 0 bridgehead atoms. The Morgan fingerprint density at radius 1 is 0.968 bits per heavy atom. The van der Waals surface area contributed by atoms with Crippen molar-refractivity contribution in [2.45, 2.75) is 58.4 Å². The first kappa shape index (κ1) is 20.2. The van der Waals surface area contributed by atoms with Crippen LogP contribution >= 0.6 is 11.3 Å². The SMILES string of the molecule is CC(C)(C)c1ccc(Cn2c(-c3ccccc3)nc3sc4c(c3c2=O)CCCC4)cc1. The lowest BCUT2D eigenvalue weighted by Gasteiger charge is -2.19. The summed E-state index contributed by atoms with van der Waals surface area (Å²) in [5.74, 6) is 0.761. The number of hydrogen-bond donors (Lipinski definition) is 0. The fourth-order valence-corrected chi connectivity index (χ4v) is 5.74. The number of nitrogens with zero attached hydrogens (tertiary/aromatic N) is 2. The molecule has 2 heterocycles. The van der Waals surface area contributed by atoms with Gasteiger partial charge in [-0.15, -0.1) is 11.3 Å². The quantitative estimate of drug-likeness (QED) is 0.381. The summed E-state index contributed by atoms with van der Waals surface area (Å²) in [7, 11) is 0. The Bertz CT molecular complexity index is 1290. The molecule has 0 saturated carbocycles. The van der Waals surface area contributed by atoms with Gasteiger partial charge in [-0.2, -0.15) is 0 Å². The Balaban J connectivity index is 1.68. The standard InChI is InChI=1S/C27H28N2OS/c1-27(2,3)20-15-13-18(14-16-20)17-29-24(19-9-5-4-6-10-19)28-25-23(26(29)30)21-11-7-8-12-22(21)31-25/h4-6,9-10,13-16H,7-8,11-12,17H2,1-3H3. The van der Waals surface area contributed by atoms with Crippen LogP contribution in [-0.2, 0) is 24.8 Å². The molecule has 0 unspecified atom stereocenters. The van der Waals surface area contributed by atoms with Crippen LogP contribution in [0.4, 0.5) is 0 Å². The number of aromatic nitrogens is 2. The minimum Gasteiger partial charge on any atom is -0.288 e. The fourth-order valence-electron chi connectivity index (χ4n) is 4.49. The van der Waals surface area contributed by atoms with Crippen molar-refractivity contribution in [2.75, 3.05) is 0 Å². The smallest absolute Gasteiger partial charge is 0.263 e. The van der Waals surface area contributed by atoms with Gasteiger partial charge in [0, 0.05) is 10.4 Å². The third-order valence-corrected chi connectivity index (χ3v) is 7.45. The van der Waals surface area contributed by atoms with E-state index in [-0.39, 0.29) is 11.0 Å². The Labute approximate surface area is 187 Å². The predicted molar refractivity (Wildman–Crippen MR) is 130 cm³/mol. The number of benzene rings is 2. The second-order valence-corrected chi connectivity index (χ2v) is 10.6. The third-order valence-electron chi connectivity index (χ3n) is 6.27. The van der Waals surface area contributed by atoms with Gasteiger partial charge < -0.3 is 0 Å². The molecule has 0 atom stereocenters. The van der Waals surface area contributed by atoms with Gasteiger partial charge in [0.15, 0.2) is 0 Å². The molecule has 3 nitrogen and oxygen atoms in total. The second kappa shape index (κ2) is 7.76. The maximum Gasteiger partial charge on any atom is 0.263 e. The predicted octanol–water partition coefficient (Wildman–Crippen LogP) is 6.35. The van der Waals surface area contributed by atoms with E-state index < -0.39 is 0 Å². The summed E-state index contributed by atoms with van der Waals surface area (Å²) in [6, 6.07) is 18.8. The summed E-state index contributed by atoms with van der Waals surface area (Å²) in [4.78, 5) is 21.1. The van der Waals surface area contributed by atoms with E-state index in [9.17, 15) is 4.79 Å². The molecule has 4 heteroatoms. The summed E-state index contributed by atoms with van der Waals surface area (Å²) in [5.41, 5.74) is 4.87. The molecule has 0 amide bonds. The average molecular weight is 429 g/mol. The summed E-state index contributed by atoms with van der Waals surface area (Å²) in [6.45, 7) is 7.19. The van der Waals surface area contributed by atoms with E-state index in [4.69, 9.17) is 4.98 Å². The van der Waals surface area contributed by atoms with Crippen molar-refractivity contribution >= 4 is 21.6 Å². The Morgan fingerprint density at radius 3 is 2.39 bits per heavy atom. The zero-order chi connectivity index (χ0) is 21.6. The highest BCUT2D eigenvalue weighted by Gasteiger charge is 2.23. The molecule has 4 aromatic rings. The average Bonchev–Trinajstić information content (AvgIpc) is 3.14. The van der Waals surface area contributed by atoms with Crippen LogP contribution in [0.5, 0.6) is 0 Å². The van der Waals surface area contributed by atoms with Crippen LogP contribution < -0.4 is 5.56 Å². The van der Waals surface area contributed by atoms with Crippen molar-refractivity contribution in [1.82, 2.24) is 9.55 Å². The molecule has 0 aliphatic heterocycles. The largest absolute Gasteiger partial charge is 0.288 e. The lowest BCUT2D eigenvalue weighted by atomic mass is 9.87. The number of rotatable bonds is 3. The molecule has 31 heavy (non-hydrogen) atoms. The van der Waals surface area contributed by atoms with Crippen molar-refractivity contribution in [1.29, 1.82) is 0 Å². The number of thiophene rings is 1. The van der Waals surface area contributed by atoms with E-state index in [2.05, 4.69) is 45.0 Å². The summed E-state index contributed by atoms with van der Waals surface area (Å²) in [5, 5.41) is 0.852. The van der Waals surface area contributed by atoms with Crippen LogP contribution in [0, 0.1) is 0 Å². The minimum absolute atomic E-state index is 0.100. The molecule has 0 saturated heterocycles. The first-order valence-corrected chi connectivity index (χ1v) is 11.9. The maximum atomic E-state index is 13.8. The molecular formula is C27H28N2OS. The zero-order valence-corrected chi connectivity index (χ0v) is 19.3. The highest BCUT2D eigenvalue weighted by molar-refractivity contribution is 7.18. The normalized spacial score (nSPS) is 14.0. The Kier molecular flexibility index (Phi) is 5.05. The lowest BCUT2D eigenvalue weighted by Crippen LogP contribution is -2.24. The monoisotopic (exact) mass is 428 g/mol. The van der Waals surface area contributed by atoms with Crippen molar-refractivity contribution < 1.29 is 0 Å². The zero-order valence-electron chi connectivity index (χ0n) is 18.4. The summed E-state index contributed by atoms with van der Waals surface area (Å²) < 4.78 is 1.88. The Morgan fingerprint density at radius 2 is 1.68 bits per heavy atom. The molecule has 1 aliphatic carbocycles. The molecule has 0 radical (unpaired) electrons. The van der Waals surface area contributed by atoms with Gasteiger partial charge in [0.05, 0.1) is 11.9 Å². The van der Waals surface area contributed by atoms with Crippen molar-refractivity contribution in [2.24, 2.45) is 0 Å². The number of aryl methyl sites for hydroxylation is 2. The molecular weight excluding hydrogens is 400 g/mol. The van der Waals surface area contributed by atoms with Crippen LogP contribution in [0.3, 0.4) is 0 Å². The highest BCUT2D eigenvalue weighted by atomic mass is 32.1. The van der Waals surface area contributed by atoms with Gasteiger partial charge in [-0.1, -0.05) is 75.4 Å². The van der Waals surface area contributed by atoms with Crippen LogP contribution in [0.15, 0.2) is 59.4 Å². The van der Waals surface area contributed by atoms with Gasteiger partial charge in [-0.3, -0.25) is 9.36 Å². The van der Waals surface area contributed by atoms with Crippen LogP contribution in [-0.4, -0.2) is 9.55 Å². The van der Waals surface area contributed by atoms with Crippen molar-refractivity contribution in [3.63, 3.8) is 0 Å². The van der Waals surface area contributed by atoms with E-state index in [0.717, 1.165) is 46.4 Å². The molecule has 0 N–H and O–H groups in total. The third kappa shape index (κ3) is 3.74. The van der Waals surface area contributed by atoms with Crippen molar-refractivity contribution in [3.8, 4) is 11.4 Å². The van der Waals surface area contributed by atoms with E-state index in [0.29, 0.717) is 6.54 Å². The Hall–Kier alpha value is -2.72. The van der Waals surface area contributed by atoms with Gasteiger partial charge in [-0.25, -0.2) is 4.98 Å².